The first-order valence-electron chi connectivity index (χ1n) is 9.26. The Morgan fingerprint density at radius 3 is 2.69 bits per heavy atom. The van der Waals surface area contributed by atoms with Crippen molar-refractivity contribution in [3.05, 3.63) is 45.8 Å². The van der Waals surface area contributed by atoms with Crippen LogP contribution in [0.4, 0.5) is 5.82 Å². The summed E-state index contributed by atoms with van der Waals surface area (Å²) in [6, 6.07) is 7.13. The predicted octanol–water partition coefficient (Wildman–Crippen LogP) is 2.72. The van der Waals surface area contributed by atoms with E-state index in [0.29, 0.717) is 36.8 Å². The molecule has 2 aromatic heterocycles. The van der Waals surface area contributed by atoms with Crippen molar-refractivity contribution in [2.75, 3.05) is 45.2 Å². The number of halogens is 2. The van der Waals surface area contributed by atoms with Crippen LogP contribution < -0.4 is 4.90 Å². The summed E-state index contributed by atoms with van der Waals surface area (Å²) in [7, 11) is 3.82. The quantitative estimate of drug-likeness (QED) is 0.621. The molecule has 0 saturated carbocycles. The van der Waals surface area contributed by atoms with E-state index in [1.165, 1.54) is 6.33 Å². The molecule has 1 fully saturated rings. The van der Waals surface area contributed by atoms with Gasteiger partial charge in [-0.1, -0.05) is 23.7 Å². The minimum atomic E-state index is -0.367. The van der Waals surface area contributed by atoms with Crippen LogP contribution in [0.3, 0.4) is 0 Å². The van der Waals surface area contributed by atoms with Gasteiger partial charge < -0.3 is 9.80 Å². The number of H-pyrrole nitrogens is 1. The molecule has 1 N–H and O–H groups in total. The Labute approximate surface area is 182 Å². The summed E-state index contributed by atoms with van der Waals surface area (Å²) >= 11 is 9.63. The zero-order chi connectivity index (χ0) is 20.5. The van der Waals surface area contributed by atoms with Gasteiger partial charge in [-0.05, 0) is 47.7 Å². The van der Waals surface area contributed by atoms with Gasteiger partial charge in [-0.25, -0.2) is 9.97 Å². The Hall–Kier alpha value is -2.23. The summed E-state index contributed by atoms with van der Waals surface area (Å²) in [5.41, 5.74) is 1.52. The van der Waals surface area contributed by atoms with Crippen LogP contribution in [0.2, 0.25) is 5.02 Å². The normalized spacial score (nSPS) is 15.9. The number of fused-ring (bicyclic) bond motifs is 1. The van der Waals surface area contributed by atoms with Crippen molar-refractivity contribution in [2.45, 2.75) is 6.04 Å². The van der Waals surface area contributed by atoms with Crippen LogP contribution in [-0.2, 0) is 4.79 Å². The molecule has 1 aliphatic rings. The highest BCUT2D eigenvalue weighted by molar-refractivity contribution is 9.10. The second kappa shape index (κ2) is 8.25. The van der Waals surface area contributed by atoms with Crippen molar-refractivity contribution in [3.8, 4) is 0 Å². The molecule has 1 aromatic carbocycles. The molecule has 8 nitrogen and oxygen atoms in total. The van der Waals surface area contributed by atoms with Gasteiger partial charge in [-0.3, -0.25) is 14.8 Å². The molecule has 4 rings (SSSR count). The fourth-order valence-electron chi connectivity index (χ4n) is 3.70. The first-order chi connectivity index (χ1) is 14.0. The maximum Gasteiger partial charge on any atom is 0.244 e. The summed E-state index contributed by atoms with van der Waals surface area (Å²) < 4.78 is 0.759. The van der Waals surface area contributed by atoms with E-state index in [-0.39, 0.29) is 11.9 Å². The lowest BCUT2D eigenvalue weighted by Gasteiger charge is -2.38. The third-order valence-electron chi connectivity index (χ3n) is 5.09. The van der Waals surface area contributed by atoms with Gasteiger partial charge in [0, 0.05) is 31.2 Å². The number of carbonyl (C=O) groups excluding carboxylic acids is 1. The van der Waals surface area contributed by atoms with Crippen LogP contribution in [-0.4, -0.2) is 76.1 Å². The minimum absolute atomic E-state index is 0.0780. The van der Waals surface area contributed by atoms with E-state index in [2.05, 4.69) is 41.0 Å². The lowest BCUT2D eigenvalue weighted by molar-refractivity contribution is -0.136. The Morgan fingerprint density at radius 1 is 1.24 bits per heavy atom. The molecular weight excluding hydrogens is 458 g/mol. The molecule has 0 spiro atoms. The van der Waals surface area contributed by atoms with E-state index >= 15 is 0 Å². The number of likely N-dealkylation sites (N-methyl/N-ethyl adjacent to an activating group) is 1. The second-order valence-corrected chi connectivity index (χ2v) is 8.40. The maximum atomic E-state index is 13.3. The second-order valence-electron chi connectivity index (χ2n) is 7.17. The number of benzene rings is 1. The standard InChI is InChI=1S/C19H21BrClN7O/c1-26(2)15(12-4-3-5-13(21)10-12)19(29)28-8-6-27(7-9-28)18-14-16(20)24-25-17(14)22-11-23-18/h3-5,10-11,15H,6-9H2,1-2H3,(H,22,23,24,25). The van der Waals surface area contributed by atoms with Crippen LogP contribution in [0.15, 0.2) is 35.2 Å². The van der Waals surface area contributed by atoms with E-state index < -0.39 is 0 Å². The van der Waals surface area contributed by atoms with Gasteiger partial charge in [0.15, 0.2) is 5.65 Å². The monoisotopic (exact) mass is 477 g/mol. The number of piperazine rings is 1. The molecule has 1 amide bonds. The number of rotatable bonds is 4. The number of hydrogen-bond donors (Lipinski definition) is 1. The van der Waals surface area contributed by atoms with Crippen LogP contribution in [0.25, 0.3) is 11.0 Å². The molecular formula is C19H21BrClN7O. The Kier molecular flexibility index (Phi) is 5.71. The number of amides is 1. The van der Waals surface area contributed by atoms with Crippen LogP contribution >= 0.6 is 27.5 Å². The number of nitrogens with one attached hydrogen (secondary N) is 1. The van der Waals surface area contributed by atoms with Crippen molar-refractivity contribution in [1.29, 1.82) is 0 Å². The maximum absolute atomic E-state index is 13.3. The third-order valence-corrected chi connectivity index (χ3v) is 5.90. The molecule has 10 heteroatoms. The van der Waals surface area contributed by atoms with E-state index in [1.54, 1.807) is 0 Å². The van der Waals surface area contributed by atoms with Crippen molar-refractivity contribution in [1.82, 2.24) is 30.0 Å². The fraction of sp³-hybridized carbons (Fsp3) is 0.368. The fourth-order valence-corrected chi connectivity index (χ4v) is 4.34. The highest BCUT2D eigenvalue weighted by Crippen LogP contribution is 2.29. The topological polar surface area (TPSA) is 81.2 Å². The van der Waals surface area contributed by atoms with Crippen LogP contribution in [0.1, 0.15) is 11.6 Å². The Bertz CT molecular complexity index is 1030. The molecule has 152 valence electrons. The lowest BCUT2D eigenvalue weighted by atomic mass is 10.0. The first kappa shape index (κ1) is 20.1. The zero-order valence-corrected chi connectivity index (χ0v) is 18.5. The Balaban J connectivity index is 1.51. The molecule has 1 aliphatic heterocycles. The summed E-state index contributed by atoms with van der Waals surface area (Å²) in [4.78, 5) is 27.9. The van der Waals surface area contributed by atoms with E-state index in [0.717, 1.165) is 21.4 Å². The zero-order valence-electron chi connectivity index (χ0n) is 16.1. The molecule has 1 unspecified atom stereocenters. The molecule has 1 saturated heterocycles. The number of anilines is 1. The smallest absolute Gasteiger partial charge is 0.244 e. The lowest BCUT2D eigenvalue weighted by Crippen LogP contribution is -2.51. The average Bonchev–Trinajstić information content (AvgIpc) is 3.09. The average molecular weight is 479 g/mol. The number of hydrogen-bond acceptors (Lipinski definition) is 6. The molecule has 0 bridgehead atoms. The van der Waals surface area contributed by atoms with E-state index in [9.17, 15) is 4.79 Å². The summed E-state index contributed by atoms with van der Waals surface area (Å²) in [5.74, 6) is 0.899. The number of nitrogens with zero attached hydrogens (tertiary/aromatic N) is 6. The molecule has 0 aliphatic carbocycles. The Morgan fingerprint density at radius 2 is 2.00 bits per heavy atom. The largest absolute Gasteiger partial charge is 0.352 e. The molecule has 3 heterocycles. The molecule has 29 heavy (non-hydrogen) atoms. The minimum Gasteiger partial charge on any atom is -0.352 e. The SMILES string of the molecule is CN(C)C(C(=O)N1CCN(c2ncnc3n[nH]c(Br)c23)CC1)c1cccc(Cl)c1. The number of aromatic nitrogens is 4. The van der Waals surface area contributed by atoms with Gasteiger partial charge in [0.25, 0.3) is 0 Å². The number of carbonyl (C=O) groups is 1. The van der Waals surface area contributed by atoms with Gasteiger partial charge in [0.2, 0.25) is 5.91 Å². The summed E-state index contributed by atoms with van der Waals surface area (Å²) in [6.45, 7) is 2.60. The molecule has 1 atom stereocenters. The first-order valence-corrected chi connectivity index (χ1v) is 10.4. The highest BCUT2D eigenvalue weighted by Gasteiger charge is 2.31. The van der Waals surface area contributed by atoms with Gasteiger partial charge in [-0.15, -0.1) is 0 Å². The van der Waals surface area contributed by atoms with Crippen LogP contribution in [0, 0.1) is 0 Å². The molecule has 0 radical (unpaired) electrons. The van der Waals surface area contributed by atoms with Crippen LogP contribution in [0.5, 0.6) is 0 Å². The van der Waals surface area contributed by atoms with Crippen molar-refractivity contribution >= 4 is 50.3 Å². The highest BCUT2D eigenvalue weighted by atomic mass is 79.9. The van der Waals surface area contributed by atoms with Crippen molar-refractivity contribution < 1.29 is 4.79 Å². The van der Waals surface area contributed by atoms with Gasteiger partial charge in [0.1, 0.15) is 22.8 Å². The van der Waals surface area contributed by atoms with E-state index in [4.69, 9.17) is 11.6 Å². The van der Waals surface area contributed by atoms with Gasteiger partial charge >= 0.3 is 0 Å². The van der Waals surface area contributed by atoms with Gasteiger partial charge in [0.05, 0.1) is 5.39 Å². The predicted molar refractivity (Wildman–Crippen MR) is 116 cm³/mol. The van der Waals surface area contributed by atoms with E-state index in [1.807, 2.05) is 48.2 Å². The summed E-state index contributed by atoms with van der Waals surface area (Å²) in [5, 5.41) is 8.55. The van der Waals surface area contributed by atoms with Crippen molar-refractivity contribution in [2.24, 2.45) is 0 Å². The van der Waals surface area contributed by atoms with Crippen molar-refractivity contribution in [3.63, 3.8) is 0 Å². The summed E-state index contributed by atoms with van der Waals surface area (Å²) in [6.07, 6.45) is 1.52. The third kappa shape index (κ3) is 3.94. The number of aromatic amines is 1. The molecule has 3 aromatic rings. The van der Waals surface area contributed by atoms with Gasteiger partial charge in [-0.2, -0.15) is 5.10 Å².